The molecule has 33 heavy (non-hydrogen) atoms. The Hall–Kier alpha value is -3.32. The average molecular weight is 461 g/mol. The number of aromatic nitrogens is 1. The highest BCUT2D eigenvalue weighted by Crippen LogP contribution is 2.36. The summed E-state index contributed by atoms with van der Waals surface area (Å²) in [5.41, 5.74) is 4.27. The molecule has 3 heterocycles. The molecule has 1 unspecified atom stereocenters. The summed E-state index contributed by atoms with van der Waals surface area (Å²) >= 11 is 1.55. The molecule has 1 atom stereocenters. The van der Waals surface area contributed by atoms with E-state index in [1.54, 1.807) is 30.8 Å². The van der Waals surface area contributed by atoms with Gasteiger partial charge in [-0.3, -0.25) is 19.6 Å². The normalized spacial score (nSPS) is 14.2. The van der Waals surface area contributed by atoms with Crippen LogP contribution in [-0.4, -0.2) is 41.5 Å². The highest BCUT2D eigenvalue weighted by Gasteiger charge is 2.27. The van der Waals surface area contributed by atoms with Crippen molar-refractivity contribution in [3.8, 4) is 0 Å². The molecule has 170 valence electrons. The number of amides is 2. The van der Waals surface area contributed by atoms with Gasteiger partial charge in [0.15, 0.2) is 0 Å². The molecule has 2 aromatic heterocycles. The Kier molecular flexibility index (Phi) is 7.29. The van der Waals surface area contributed by atoms with Gasteiger partial charge in [-0.15, -0.1) is 11.3 Å². The van der Waals surface area contributed by atoms with Gasteiger partial charge < -0.3 is 10.2 Å². The first kappa shape index (κ1) is 22.9. The lowest BCUT2D eigenvalue weighted by Gasteiger charge is -2.27. The summed E-state index contributed by atoms with van der Waals surface area (Å²) in [6.45, 7) is 3.29. The Bertz CT molecular complexity index is 1140. The Balaban J connectivity index is 1.46. The standard InChI is InChI=1S/C26H28N4O2S/c1-18(20-6-4-3-5-7-20)14-24(31)29-26-22(16-27-2)21-10-13-30(17-23(21)33-26)25(32)15-19-8-11-28-12-9-19/h3-9,11-12,16,18H,10,13-15,17H2,1-2H3,(H,29,31). The van der Waals surface area contributed by atoms with Crippen molar-refractivity contribution in [2.75, 3.05) is 18.9 Å². The van der Waals surface area contributed by atoms with E-state index in [0.717, 1.165) is 33.0 Å². The lowest BCUT2D eigenvalue weighted by atomic mass is 9.97. The minimum atomic E-state index is -0.0127. The first-order valence-electron chi connectivity index (χ1n) is 11.1. The zero-order valence-electron chi connectivity index (χ0n) is 19.0. The van der Waals surface area contributed by atoms with Crippen molar-refractivity contribution in [1.29, 1.82) is 0 Å². The number of anilines is 1. The molecular weight excluding hydrogens is 432 g/mol. The quantitative estimate of drug-likeness (QED) is 0.529. The predicted octanol–water partition coefficient (Wildman–Crippen LogP) is 4.45. The number of aliphatic imine (C=N–C) groups is 1. The molecule has 1 aromatic carbocycles. The molecule has 1 aliphatic rings. The van der Waals surface area contributed by atoms with Crippen molar-refractivity contribution in [2.24, 2.45) is 4.99 Å². The van der Waals surface area contributed by atoms with Crippen LogP contribution >= 0.6 is 11.3 Å². The molecule has 0 spiro atoms. The number of nitrogens with one attached hydrogen (secondary N) is 1. The number of carbonyl (C=O) groups excluding carboxylic acids is 2. The second kappa shape index (κ2) is 10.5. The largest absolute Gasteiger partial charge is 0.337 e. The van der Waals surface area contributed by atoms with Gasteiger partial charge in [0.1, 0.15) is 5.00 Å². The van der Waals surface area contributed by atoms with E-state index in [1.165, 1.54) is 5.56 Å². The summed E-state index contributed by atoms with van der Waals surface area (Å²) in [6, 6.07) is 13.8. The number of hydrogen-bond donors (Lipinski definition) is 1. The number of pyridine rings is 1. The first-order chi connectivity index (χ1) is 16.0. The summed E-state index contributed by atoms with van der Waals surface area (Å²) < 4.78 is 0. The SMILES string of the molecule is CN=Cc1c(NC(=O)CC(C)c2ccccc2)sc2c1CCN(C(=O)Cc1ccncc1)C2. The molecule has 0 fully saturated rings. The molecule has 3 aromatic rings. The van der Waals surface area contributed by atoms with Crippen molar-refractivity contribution in [2.45, 2.75) is 38.6 Å². The van der Waals surface area contributed by atoms with Gasteiger partial charge in [0, 0.05) is 49.1 Å². The summed E-state index contributed by atoms with van der Waals surface area (Å²) in [4.78, 5) is 36.9. The van der Waals surface area contributed by atoms with Crippen LogP contribution in [0.2, 0.25) is 0 Å². The third-order valence-corrected chi connectivity index (χ3v) is 7.07. The third kappa shape index (κ3) is 5.54. The topological polar surface area (TPSA) is 74.7 Å². The average Bonchev–Trinajstić information content (AvgIpc) is 3.16. The van der Waals surface area contributed by atoms with Gasteiger partial charge in [-0.25, -0.2) is 0 Å². The highest BCUT2D eigenvalue weighted by atomic mass is 32.1. The maximum absolute atomic E-state index is 12.8. The highest BCUT2D eigenvalue weighted by molar-refractivity contribution is 7.16. The van der Waals surface area contributed by atoms with E-state index in [2.05, 4.69) is 34.3 Å². The van der Waals surface area contributed by atoms with Gasteiger partial charge in [0.2, 0.25) is 11.8 Å². The Morgan fingerprint density at radius 1 is 1.21 bits per heavy atom. The number of fused-ring (bicyclic) bond motifs is 1. The van der Waals surface area contributed by atoms with Gasteiger partial charge in [0.05, 0.1) is 13.0 Å². The summed E-state index contributed by atoms with van der Waals surface area (Å²) in [7, 11) is 1.74. The lowest BCUT2D eigenvalue weighted by Crippen LogP contribution is -2.36. The van der Waals surface area contributed by atoms with Crippen LogP contribution in [0.5, 0.6) is 0 Å². The Labute approximate surface area is 198 Å². The summed E-state index contributed by atoms with van der Waals surface area (Å²) in [5, 5.41) is 3.93. The van der Waals surface area contributed by atoms with E-state index >= 15 is 0 Å². The Morgan fingerprint density at radius 2 is 1.97 bits per heavy atom. The van der Waals surface area contributed by atoms with Crippen molar-refractivity contribution < 1.29 is 9.59 Å². The molecular formula is C26H28N4O2S. The molecule has 2 amide bonds. The van der Waals surface area contributed by atoms with E-state index < -0.39 is 0 Å². The summed E-state index contributed by atoms with van der Waals surface area (Å²) in [6.07, 6.45) is 6.77. The second-order valence-corrected chi connectivity index (χ2v) is 9.40. The Morgan fingerprint density at radius 3 is 2.70 bits per heavy atom. The third-order valence-electron chi connectivity index (χ3n) is 5.93. The predicted molar refractivity (Wildman–Crippen MR) is 133 cm³/mol. The van der Waals surface area contributed by atoms with Gasteiger partial charge in [-0.05, 0) is 41.2 Å². The first-order valence-corrected chi connectivity index (χ1v) is 11.9. The molecule has 0 saturated heterocycles. The van der Waals surface area contributed by atoms with E-state index in [0.29, 0.717) is 25.9 Å². The maximum Gasteiger partial charge on any atom is 0.227 e. The van der Waals surface area contributed by atoms with Crippen LogP contribution in [0.15, 0.2) is 59.9 Å². The van der Waals surface area contributed by atoms with Crippen molar-refractivity contribution in [3.05, 3.63) is 82.0 Å². The monoisotopic (exact) mass is 460 g/mol. The van der Waals surface area contributed by atoms with Crippen LogP contribution < -0.4 is 5.32 Å². The maximum atomic E-state index is 12.8. The molecule has 7 heteroatoms. The molecule has 1 aliphatic heterocycles. The molecule has 0 bridgehead atoms. The van der Waals surface area contributed by atoms with E-state index in [-0.39, 0.29) is 17.7 Å². The van der Waals surface area contributed by atoms with E-state index in [9.17, 15) is 9.59 Å². The van der Waals surface area contributed by atoms with Gasteiger partial charge in [-0.2, -0.15) is 0 Å². The van der Waals surface area contributed by atoms with E-state index in [4.69, 9.17) is 0 Å². The zero-order valence-corrected chi connectivity index (χ0v) is 19.8. The zero-order chi connectivity index (χ0) is 23.2. The fourth-order valence-corrected chi connectivity index (χ4v) is 5.39. The van der Waals surface area contributed by atoms with E-state index in [1.807, 2.05) is 41.4 Å². The number of nitrogens with zero attached hydrogens (tertiary/aromatic N) is 3. The molecule has 6 nitrogen and oxygen atoms in total. The van der Waals surface area contributed by atoms with Gasteiger partial charge >= 0.3 is 0 Å². The molecule has 1 N–H and O–H groups in total. The molecule has 4 rings (SSSR count). The van der Waals surface area contributed by atoms with Gasteiger partial charge in [-0.1, -0.05) is 37.3 Å². The molecule has 0 aliphatic carbocycles. The lowest BCUT2D eigenvalue weighted by molar-refractivity contribution is -0.131. The molecule has 0 radical (unpaired) electrons. The van der Waals surface area contributed by atoms with Crippen LogP contribution in [0.4, 0.5) is 5.00 Å². The van der Waals surface area contributed by atoms with Crippen LogP contribution in [0, 0.1) is 0 Å². The number of rotatable bonds is 7. The fraction of sp³-hybridized carbons (Fsp3) is 0.308. The van der Waals surface area contributed by atoms with Gasteiger partial charge in [0.25, 0.3) is 0 Å². The number of hydrogen-bond acceptors (Lipinski definition) is 5. The van der Waals surface area contributed by atoms with Crippen molar-refractivity contribution in [1.82, 2.24) is 9.88 Å². The minimum absolute atomic E-state index is 0.0127. The van der Waals surface area contributed by atoms with Crippen molar-refractivity contribution in [3.63, 3.8) is 0 Å². The second-order valence-electron chi connectivity index (χ2n) is 8.30. The number of carbonyl (C=O) groups is 2. The smallest absolute Gasteiger partial charge is 0.227 e. The van der Waals surface area contributed by atoms with Crippen molar-refractivity contribution >= 4 is 34.4 Å². The fourth-order valence-electron chi connectivity index (χ4n) is 4.14. The molecule has 0 saturated carbocycles. The van der Waals surface area contributed by atoms with Crippen LogP contribution in [0.3, 0.4) is 0 Å². The number of benzene rings is 1. The minimum Gasteiger partial charge on any atom is -0.337 e. The van der Waals surface area contributed by atoms with Crippen LogP contribution in [0.25, 0.3) is 0 Å². The number of thiophene rings is 1. The summed E-state index contributed by atoms with van der Waals surface area (Å²) in [5.74, 6) is 0.222. The van der Waals surface area contributed by atoms with Crippen LogP contribution in [0.1, 0.15) is 46.4 Å². The van der Waals surface area contributed by atoms with Crippen LogP contribution in [-0.2, 0) is 29.0 Å².